The monoisotopic (exact) mass is 785 g/mol. The number of aromatic nitrogens is 3. The molecule has 4 rings (SSSR count). The number of aryl methyl sites for hydroxylation is 3. The normalized spacial score (nSPS) is 15.9. The largest absolute Gasteiger partial charge is 0.506 e. The molecule has 3 unspecified atom stereocenters. The molecule has 0 saturated carbocycles. The molecule has 0 spiro atoms. The maximum Gasteiger partial charge on any atom is 0.364 e. The number of fused-ring (bicyclic) bond motifs is 1. The first-order chi connectivity index (χ1) is 23.2. The molecule has 0 radical (unpaired) electrons. The first-order valence-corrected chi connectivity index (χ1v) is 22.2. The summed E-state index contributed by atoms with van der Waals surface area (Å²) < 4.78 is 87.1. The van der Waals surface area contributed by atoms with Crippen molar-refractivity contribution in [3.63, 3.8) is 0 Å². The van der Waals surface area contributed by atoms with Crippen LogP contribution in [-0.2, 0) is 38.3 Å². The van der Waals surface area contributed by atoms with E-state index in [0.29, 0.717) is 28.3 Å². The predicted molar refractivity (Wildman–Crippen MR) is 184 cm³/mol. The van der Waals surface area contributed by atoms with Crippen molar-refractivity contribution >= 4 is 21.9 Å². The van der Waals surface area contributed by atoms with Crippen molar-refractivity contribution in [3.8, 4) is 17.2 Å². The van der Waals surface area contributed by atoms with Crippen LogP contribution in [0.25, 0.3) is 0 Å². The Hall–Kier alpha value is -2.87. The Balaban J connectivity index is 0.000000267. The summed E-state index contributed by atoms with van der Waals surface area (Å²) in [7, 11) is -10.9. The number of nitrogens with zero attached hydrogens (tertiary/aromatic N) is 3. The number of hydrogen-bond donors (Lipinski definition) is 6. The molecule has 0 amide bonds. The number of halogens is 3. The first-order valence-electron chi connectivity index (χ1n) is 15.1. The molecule has 0 aromatic carbocycles. The summed E-state index contributed by atoms with van der Waals surface area (Å²) in [6.45, 7) is 12.8. The van der Waals surface area contributed by atoms with Crippen LogP contribution in [0.15, 0.2) is 18.6 Å². The highest BCUT2D eigenvalue weighted by Crippen LogP contribution is 2.57. The Morgan fingerprint density at radius 3 is 1.49 bits per heavy atom. The summed E-state index contributed by atoms with van der Waals surface area (Å²) in [5, 5.41) is 37.1. The van der Waals surface area contributed by atoms with Crippen LogP contribution in [-0.4, -0.2) is 77.6 Å². The quantitative estimate of drug-likeness (QED) is 0.133. The molecule has 0 bridgehead atoms. The molecular formula is C31H45F3N3O11P3. The van der Waals surface area contributed by atoms with Crippen molar-refractivity contribution in [2.75, 3.05) is 26.7 Å². The third-order valence-corrected chi connectivity index (χ3v) is 11.1. The molecule has 3 aromatic rings. The van der Waals surface area contributed by atoms with E-state index in [2.05, 4.69) is 15.0 Å². The number of aromatic hydroxyl groups is 2. The average molecular weight is 786 g/mol. The van der Waals surface area contributed by atoms with E-state index in [-0.39, 0.29) is 34.7 Å². The van der Waals surface area contributed by atoms with E-state index in [4.69, 9.17) is 29.5 Å². The Morgan fingerprint density at radius 1 is 0.725 bits per heavy atom. The number of alkyl halides is 3. The zero-order valence-corrected chi connectivity index (χ0v) is 32.3. The van der Waals surface area contributed by atoms with Gasteiger partial charge in [-0.25, -0.2) is 13.2 Å². The number of aliphatic hydroxyl groups excluding tert-OH is 2. The van der Waals surface area contributed by atoms with Gasteiger partial charge in [0.25, 0.3) is 0 Å². The number of hydrogen-bond acceptors (Lipinski definition) is 12. The van der Waals surface area contributed by atoms with E-state index in [1.807, 2.05) is 0 Å². The number of rotatable bonds is 8. The molecule has 14 nitrogen and oxygen atoms in total. The summed E-state index contributed by atoms with van der Waals surface area (Å²) >= 11 is 0. The average Bonchev–Trinajstić information content (AvgIpc) is 3.02. The first kappa shape index (κ1) is 44.3. The second-order valence-corrected chi connectivity index (χ2v) is 21.2. The van der Waals surface area contributed by atoms with Gasteiger partial charge in [-0.3, -0.25) is 19.5 Å². The second kappa shape index (κ2) is 16.9. The Labute approximate surface area is 294 Å². The van der Waals surface area contributed by atoms with Crippen LogP contribution in [0.2, 0.25) is 0 Å². The van der Waals surface area contributed by atoms with Crippen LogP contribution in [0.1, 0.15) is 82.0 Å². The van der Waals surface area contributed by atoms with E-state index in [0.717, 1.165) is 6.20 Å². The predicted octanol–water partition coefficient (Wildman–Crippen LogP) is 6.54. The van der Waals surface area contributed by atoms with Crippen LogP contribution in [0, 0.1) is 20.8 Å². The zero-order chi connectivity index (χ0) is 39.4. The zero-order valence-electron chi connectivity index (χ0n) is 29.6. The van der Waals surface area contributed by atoms with Crippen molar-refractivity contribution in [1.29, 1.82) is 0 Å². The van der Waals surface area contributed by atoms with Gasteiger partial charge in [0.05, 0.1) is 36.9 Å². The van der Waals surface area contributed by atoms with Crippen LogP contribution in [0.3, 0.4) is 0 Å². The molecule has 20 heteroatoms. The molecule has 51 heavy (non-hydrogen) atoms. The van der Waals surface area contributed by atoms with E-state index >= 15 is 0 Å². The maximum atomic E-state index is 14.3. The van der Waals surface area contributed by atoms with Gasteiger partial charge < -0.3 is 48.8 Å². The molecule has 286 valence electrons. The fraction of sp³-hybridized carbons (Fsp3) is 0.516. The Bertz CT molecular complexity index is 1780. The summed E-state index contributed by atoms with van der Waals surface area (Å²) in [6.07, 6.45) is 3.54. The standard InChI is InChI=1S/C13H19FNO3P.C10H15FNO3P.C8H11FNO5P/c1-8-11-10(7-17-13(2,3)18-11)9(6-15-8)12(14)19(4,5)16;1-6-9(14)8(5-13)7(4-12-6)10(11)16(2,3)15;1-4-7(12)6(3-11)5(2-10-4)8(9)16(13,14)15/h6,12H,7H2,1-5H3;4,10,13-14H,5H2,1-3H3;2,8,11-12H,3H2,1H3,(H2,13,14,15). The highest BCUT2D eigenvalue weighted by atomic mass is 31.2. The van der Waals surface area contributed by atoms with Gasteiger partial charge in [-0.15, -0.1) is 0 Å². The third-order valence-electron chi connectivity index (χ3n) is 7.48. The van der Waals surface area contributed by atoms with Gasteiger partial charge in [-0.1, -0.05) is 0 Å². The molecule has 1 aliphatic heterocycles. The topological polar surface area (TPSA) is 230 Å². The van der Waals surface area contributed by atoms with E-state index in [1.165, 1.54) is 46.0 Å². The fourth-order valence-electron chi connectivity index (χ4n) is 4.58. The minimum Gasteiger partial charge on any atom is -0.506 e. The molecule has 0 fully saturated rings. The molecule has 1 aliphatic rings. The van der Waals surface area contributed by atoms with Gasteiger partial charge in [-0.05, 0) is 47.4 Å². The Kier molecular flexibility index (Phi) is 14.6. The number of pyridine rings is 3. The molecule has 6 N–H and O–H groups in total. The Morgan fingerprint density at radius 2 is 1.10 bits per heavy atom. The van der Waals surface area contributed by atoms with E-state index in [9.17, 15) is 37.1 Å². The summed E-state index contributed by atoms with van der Waals surface area (Å²) in [6, 6.07) is 0. The maximum absolute atomic E-state index is 14.3. The van der Waals surface area contributed by atoms with Gasteiger partial charge in [0.2, 0.25) is 11.7 Å². The minimum absolute atomic E-state index is 0.000988. The van der Waals surface area contributed by atoms with Crippen LogP contribution in [0.5, 0.6) is 17.2 Å². The summed E-state index contributed by atoms with van der Waals surface area (Å²) in [5.41, 5.74) is 1.36. The lowest BCUT2D eigenvalue weighted by atomic mass is 10.1. The highest BCUT2D eigenvalue weighted by Gasteiger charge is 2.36. The lowest BCUT2D eigenvalue weighted by Gasteiger charge is -2.34. The van der Waals surface area contributed by atoms with Gasteiger partial charge in [-0.2, -0.15) is 0 Å². The fourth-order valence-corrected chi connectivity index (χ4v) is 6.95. The highest BCUT2D eigenvalue weighted by molar-refractivity contribution is 7.62. The van der Waals surface area contributed by atoms with Crippen LogP contribution in [0.4, 0.5) is 13.2 Å². The van der Waals surface area contributed by atoms with Gasteiger partial charge in [0.1, 0.15) is 31.5 Å². The number of ether oxygens (including phenoxy) is 2. The van der Waals surface area contributed by atoms with Crippen LogP contribution < -0.4 is 4.74 Å². The smallest absolute Gasteiger partial charge is 0.364 e. The molecule has 3 atom stereocenters. The lowest BCUT2D eigenvalue weighted by Crippen LogP contribution is -2.36. The molecule has 0 saturated heterocycles. The van der Waals surface area contributed by atoms with Crippen molar-refractivity contribution in [2.24, 2.45) is 0 Å². The third kappa shape index (κ3) is 11.1. The molecule has 4 heterocycles. The number of aliphatic hydroxyl groups is 2. The van der Waals surface area contributed by atoms with Crippen molar-refractivity contribution in [2.45, 2.75) is 78.0 Å². The van der Waals surface area contributed by atoms with E-state index in [1.54, 1.807) is 27.7 Å². The SMILES string of the molecule is Cc1ncc(C(F)P(=O)(O)O)c(CO)c1O.Cc1ncc(C(F)P(C)(C)=O)c(CO)c1O.Cc1ncc(C(F)P(C)(C)=O)c2c1OC(C)(C)OC2. The molecule has 0 aliphatic carbocycles. The lowest BCUT2D eigenvalue weighted by molar-refractivity contribution is -0.181. The molecular weight excluding hydrogens is 740 g/mol. The van der Waals surface area contributed by atoms with Gasteiger partial charge in [0, 0.05) is 65.8 Å². The molecule has 3 aromatic heterocycles. The summed E-state index contributed by atoms with van der Waals surface area (Å²) in [5.74, 6) is -6.77. The second-order valence-electron chi connectivity index (χ2n) is 12.9. The van der Waals surface area contributed by atoms with Gasteiger partial charge >= 0.3 is 7.60 Å². The van der Waals surface area contributed by atoms with Crippen molar-refractivity contribution < 1.29 is 66.6 Å². The minimum atomic E-state index is -4.98. The van der Waals surface area contributed by atoms with Crippen molar-refractivity contribution in [1.82, 2.24) is 15.0 Å². The van der Waals surface area contributed by atoms with Crippen molar-refractivity contribution in [3.05, 3.63) is 69.1 Å². The van der Waals surface area contributed by atoms with E-state index < -0.39 is 69.9 Å². The van der Waals surface area contributed by atoms with Gasteiger partial charge in [0.15, 0.2) is 11.8 Å². The summed E-state index contributed by atoms with van der Waals surface area (Å²) in [4.78, 5) is 28.9. The van der Waals surface area contributed by atoms with Crippen LogP contribution >= 0.6 is 21.9 Å².